The van der Waals surface area contributed by atoms with Gasteiger partial charge in [0.25, 0.3) is 0 Å². The fourth-order valence-electron chi connectivity index (χ4n) is 3.58. The van der Waals surface area contributed by atoms with Gasteiger partial charge in [-0.15, -0.1) is 11.3 Å². The molecular weight excluding hydrogens is 328 g/mol. The first-order valence-electron chi connectivity index (χ1n) is 8.85. The van der Waals surface area contributed by atoms with Gasteiger partial charge in [0.1, 0.15) is 6.54 Å². The maximum Gasteiger partial charge on any atom is 0.211 e. The second-order valence-electron chi connectivity index (χ2n) is 6.85. The molecule has 3 aromatic rings. The second kappa shape index (κ2) is 6.98. The molecule has 0 aliphatic carbocycles. The van der Waals surface area contributed by atoms with Crippen LogP contribution in [0.25, 0.3) is 10.1 Å². The number of nitrogens with zero attached hydrogens (tertiary/aromatic N) is 1. The van der Waals surface area contributed by atoms with E-state index >= 15 is 0 Å². The highest BCUT2D eigenvalue weighted by atomic mass is 32.1. The average molecular weight is 351 g/mol. The Bertz CT molecular complexity index is 928. The first kappa shape index (κ1) is 16.3. The van der Waals surface area contributed by atoms with Crippen molar-refractivity contribution in [3.05, 3.63) is 75.3 Å². The number of nitrogens with one attached hydrogen (secondary N) is 1. The van der Waals surface area contributed by atoms with Crippen LogP contribution in [0, 0.1) is 6.92 Å². The molecular formula is C21H23N2OS+. The predicted octanol–water partition coefficient (Wildman–Crippen LogP) is 2.48. The Morgan fingerprint density at radius 3 is 2.60 bits per heavy atom. The van der Waals surface area contributed by atoms with Gasteiger partial charge < -0.3 is 9.80 Å². The number of fused-ring (bicyclic) bond motifs is 1. The lowest BCUT2D eigenvalue weighted by atomic mass is 10.1. The van der Waals surface area contributed by atoms with Crippen molar-refractivity contribution in [3.8, 4) is 0 Å². The Hall–Kier alpha value is -2.17. The predicted molar refractivity (Wildman–Crippen MR) is 106 cm³/mol. The third-order valence-corrected chi connectivity index (χ3v) is 5.97. The Morgan fingerprint density at radius 2 is 1.84 bits per heavy atom. The molecule has 0 unspecified atom stereocenters. The number of benzene rings is 2. The molecule has 0 saturated carbocycles. The molecule has 1 aliphatic heterocycles. The van der Waals surface area contributed by atoms with Crippen molar-refractivity contribution >= 4 is 27.1 Å². The Labute approximate surface area is 152 Å². The van der Waals surface area contributed by atoms with Crippen LogP contribution in [0.1, 0.15) is 11.1 Å². The number of anilines is 1. The SMILES string of the molecule is Cc1ccc2scc(N3CC[NH+](Cc4ccccc4)CC3)c(=O)c2c1. The molecule has 0 bridgehead atoms. The van der Waals surface area contributed by atoms with E-state index in [1.54, 1.807) is 16.2 Å². The van der Waals surface area contributed by atoms with E-state index in [1.807, 2.05) is 18.4 Å². The van der Waals surface area contributed by atoms with E-state index in [0.29, 0.717) is 0 Å². The summed E-state index contributed by atoms with van der Waals surface area (Å²) in [4.78, 5) is 16.8. The van der Waals surface area contributed by atoms with E-state index in [4.69, 9.17) is 0 Å². The molecule has 2 aromatic carbocycles. The number of piperazine rings is 1. The number of rotatable bonds is 3. The van der Waals surface area contributed by atoms with Crippen molar-refractivity contribution in [1.29, 1.82) is 0 Å². The highest BCUT2D eigenvalue weighted by molar-refractivity contribution is 7.16. The molecule has 2 heterocycles. The lowest BCUT2D eigenvalue weighted by Gasteiger charge is -2.33. The molecule has 3 nitrogen and oxygen atoms in total. The van der Waals surface area contributed by atoms with Gasteiger partial charge in [0.2, 0.25) is 5.43 Å². The minimum atomic E-state index is 0.184. The van der Waals surface area contributed by atoms with E-state index in [2.05, 4.69) is 47.4 Å². The van der Waals surface area contributed by atoms with Crippen molar-refractivity contribution in [2.45, 2.75) is 13.5 Å². The molecule has 1 fully saturated rings. The van der Waals surface area contributed by atoms with Crippen LogP contribution in [0.5, 0.6) is 0 Å². The summed E-state index contributed by atoms with van der Waals surface area (Å²) in [5, 5.41) is 2.91. The summed E-state index contributed by atoms with van der Waals surface area (Å²) in [6, 6.07) is 16.8. The van der Waals surface area contributed by atoms with Gasteiger partial charge in [-0.3, -0.25) is 4.79 Å². The molecule has 0 radical (unpaired) electrons. The minimum absolute atomic E-state index is 0.184. The van der Waals surface area contributed by atoms with Gasteiger partial charge in [0, 0.05) is 21.0 Å². The van der Waals surface area contributed by atoms with Crippen LogP contribution in [0.4, 0.5) is 5.69 Å². The first-order chi connectivity index (χ1) is 12.2. The average Bonchev–Trinajstić information content (AvgIpc) is 2.64. The minimum Gasteiger partial charge on any atom is -0.356 e. The van der Waals surface area contributed by atoms with Crippen LogP contribution >= 0.6 is 11.3 Å². The van der Waals surface area contributed by atoms with Crippen molar-refractivity contribution in [2.24, 2.45) is 0 Å². The van der Waals surface area contributed by atoms with Crippen molar-refractivity contribution in [3.63, 3.8) is 0 Å². The Morgan fingerprint density at radius 1 is 1.08 bits per heavy atom. The van der Waals surface area contributed by atoms with E-state index in [-0.39, 0.29) is 5.43 Å². The summed E-state index contributed by atoms with van der Waals surface area (Å²) in [5.41, 5.74) is 3.59. The fourth-order valence-corrected chi connectivity index (χ4v) is 4.50. The monoisotopic (exact) mass is 351 g/mol. The second-order valence-corrected chi connectivity index (χ2v) is 7.76. The number of quaternary nitrogens is 1. The van der Waals surface area contributed by atoms with Gasteiger partial charge in [-0.25, -0.2) is 0 Å². The van der Waals surface area contributed by atoms with Gasteiger partial charge in [-0.2, -0.15) is 0 Å². The van der Waals surface area contributed by atoms with Crippen molar-refractivity contribution < 1.29 is 4.90 Å². The first-order valence-corrected chi connectivity index (χ1v) is 9.73. The van der Waals surface area contributed by atoms with Gasteiger partial charge in [0.15, 0.2) is 0 Å². The van der Waals surface area contributed by atoms with Gasteiger partial charge >= 0.3 is 0 Å². The van der Waals surface area contributed by atoms with Crippen LogP contribution in [0.15, 0.2) is 58.7 Å². The third-order valence-electron chi connectivity index (χ3n) is 5.02. The summed E-state index contributed by atoms with van der Waals surface area (Å²) in [6.45, 7) is 7.15. The van der Waals surface area contributed by atoms with Gasteiger partial charge in [-0.1, -0.05) is 42.0 Å². The number of aryl methyl sites for hydroxylation is 1. The summed E-state index contributed by atoms with van der Waals surface area (Å²) < 4.78 is 1.08. The van der Waals surface area contributed by atoms with Crippen molar-refractivity contribution in [2.75, 3.05) is 31.1 Å². The van der Waals surface area contributed by atoms with E-state index < -0.39 is 0 Å². The van der Waals surface area contributed by atoms with Gasteiger partial charge in [-0.05, 0) is 19.1 Å². The highest BCUT2D eigenvalue weighted by Crippen LogP contribution is 2.22. The molecule has 25 heavy (non-hydrogen) atoms. The third kappa shape index (κ3) is 3.46. The lowest BCUT2D eigenvalue weighted by Crippen LogP contribution is -3.13. The number of hydrogen-bond donors (Lipinski definition) is 1. The molecule has 128 valence electrons. The fraction of sp³-hybridized carbons (Fsp3) is 0.286. The molecule has 1 aromatic heterocycles. The van der Waals surface area contributed by atoms with Crippen LogP contribution in [0.2, 0.25) is 0 Å². The molecule has 1 aliphatic rings. The molecule has 0 spiro atoms. The zero-order valence-electron chi connectivity index (χ0n) is 14.5. The summed E-state index contributed by atoms with van der Waals surface area (Å²) in [7, 11) is 0. The number of hydrogen-bond acceptors (Lipinski definition) is 3. The molecule has 4 heteroatoms. The zero-order chi connectivity index (χ0) is 17.2. The van der Waals surface area contributed by atoms with Crippen LogP contribution in [-0.4, -0.2) is 26.2 Å². The molecule has 0 atom stereocenters. The molecule has 4 rings (SSSR count). The standard InChI is InChI=1S/C21H22N2OS/c1-16-7-8-20-18(13-16)21(24)19(15-25-20)23-11-9-22(10-12-23)14-17-5-3-2-4-6-17/h2-8,13,15H,9-12,14H2,1H3/p+1. The maximum atomic E-state index is 12.9. The molecule has 1 saturated heterocycles. The lowest BCUT2D eigenvalue weighted by molar-refractivity contribution is -0.914. The normalized spacial score (nSPS) is 15.6. The van der Waals surface area contributed by atoms with E-state index in [0.717, 1.165) is 54.1 Å². The molecule has 0 amide bonds. The largest absolute Gasteiger partial charge is 0.356 e. The maximum absolute atomic E-state index is 12.9. The van der Waals surface area contributed by atoms with Crippen LogP contribution in [0.3, 0.4) is 0 Å². The van der Waals surface area contributed by atoms with E-state index in [1.165, 1.54) is 5.56 Å². The quantitative estimate of drug-likeness (QED) is 0.784. The highest BCUT2D eigenvalue weighted by Gasteiger charge is 2.22. The van der Waals surface area contributed by atoms with E-state index in [9.17, 15) is 4.79 Å². The Balaban J connectivity index is 1.50. The molecule has 1 N–H and O–H groups in total. The summed E-state index contributed by atoms with van der Waals surface area (Å²) >= 11 is 1.67. The topological polar surface area (TPSA) is 24.8 Å². The summed E-state index contributed by atoms with van der Waals surface area (Å²) in [5.74, 6) is 0. The van der Waals surface area contributed by atoms with Crippen LogP contribution < -0.4 is 15.2 Å². The zero-order valence-corrected chi connectivity index (χ0v) is 15.3. The van der Waals surface area contributed by atoms with Crippen LogP contribution in [-0.2, 0) is 6.54 Å². The van der Waals surface area contributed by atoms with Gasteiger partial charge in [0.05, 0.1) is 31.9 Å². The smallest absolute Gasteiger partial charge is 0.211 e. The summed E-state index contributed by atoms with van der Waals surface area (Å²) in [6.07, 6.45) is 0. The van der Waals surface area contributed by atoms with Crippen molar-refractivity contribution in [1.82, 2.24) is 0 Å². The Kier molecular flexibility index (Phi) is 4.55.